The maximum atomic E-state index is 8.94. The highest BCUT2D eigenvalue weighted by Crippen LogP contribution is 2.20. The van der Waals surface area contributed by atoms with Gasteiger partial charge in [0.05, 0.1) is 18.2 Å². The van der Waals surface area contributed by atoms with Gasteiger partial charge in [-0.15, -0.1) is 0 Å². The van der Waals surface area contributed by atoms with Crippen molar-refractivity contribution in [3.05, 3.63) is 71.0 Å². The van der Waals surface area contributed by atoms with E-state index in [2.05, 4.69) is 49.1 Å². The topological polar surface area (TPSA) is 107 Å². The Morgan fingerprint density at radius 1 is 0.938 bits per heavy atom. The lowest BCUT2D eigenvalue weighted by Gasteiger charge is -2.34. The number of rotatable bonds is 7. The molecule has 32 heavy (non-hydrogen) atoms. The van der Waals surface area contributed by atoms with Crippen molar-refractivity contribution in [2.75, 3.05) is 37.2 Å². The Kier molecular flexibility index (Phi) is 6.90. The molecule has 0 bridgehead atoms. The number of nitrogens with zero attached hydrogens (tertiary/aromatic N) is 6. The van der Waals surface area contributed by atoms with Gasteiger partial charge in [-0.2, -0.15) is 20.2 Å². The first-order valence-electron chi connectivity index (χ1n) is 10.9. The summed E-state index contributed by atoms with van der Waals surface area (Å²) in [4.78, 5) is 18.0. The van der Waals surface area contributed by atoms with Crippen LogP contribution in [0.15, 0.2) is 48.5 Å². The quantitative estimate of drug-likeness (QED) is 0.591. The van der Waals surface area contributed by atoms with Gasteiger partial charge in [0.25, 0.3) is 0 Å². The molecule has 0 spiro atoms. The number of piperazine rings is 1. The number of nitrogens with one attached hydrogen (secondary N) is 1. The summed E-state index contributed by atoms with van der Waals surface area (Å²) >= 11 is 0. The van der Waals surface area contributed by atoms with Crippen LogP contribution < -0.4 is 11.1 Å². The molecule has 1 aromatic heterocycles. The van der Waals surface area contributed by atoms with Crippen molar-refractivity contribution < 1.29 is 0 Å². The molecule has 0 radical (unpaired) electrons. The first kappa shape index (κ1) is 21.7. The number of nitriles is 1. The van der Waals surface area contributed by atoms with Crippen LogP contribution in [0.5, 0.6) is 0 Å². The van der Waals surface area contributed by atoms with Gasteiger partial charge in [-0.05, 0) is 35.7 Å². The molecule has 0 saturated carbocycles. The minimum Gasteiger partial charge on any atom is -0.368 e. The third-order valence-corrected chi connectivity index (χ3v) is 5.66. The zero-order valence-corrected chi connectivity index (χ0v) is 18.3. The Labute approximate surface area is 188 Å². The summed E-state index contributed by atoms with van der Waals surface area (Å²) in [5.74, 6) is 1.38. The molecule has 8 nitrogen and oxygen atoms in total. The molecule has 8 heteroatoms. The number of hydrogen-bond acceptors (Lipinski definition) is 8. The van der Waals surface area contributed by atoms with Crippen molar-refractivity contribution in [1.29, 1.82) is 5.26 Å². The van der Waals surface area contributed by atoms with Crippen LogP contribution in [0.25, 0.3) is 0 Å². The Hall–Kier alpha value is -3.54. The van der Waals surface area contributed by atoms with Crippen LogP contribution in [0.1, 0.15) is 29.4 Å². The summed E-state index contributed by atoms with van der Waals surface area (Å²) in [6.07, 6.45) is 0.920. The molecule has 1 aliphatic rings. The second-order valence-electron chi connectivity index (χ2n) is 7.93. The lowest BCUT2D eigenvalue weighted by atomic mass is 10.1. The highest BCUT2D eigenvalue weighted by atomic mass is 15.3. The van der Waals surface area contributed by atoms with Gasteiger partial charge in [0.2, 0.25) is 11.9 Å². The fraction of sp³-hybridized carbons (Fsp3) is 0.333. The second-order valence-corrected chi connectivity index (χ2v) is 7.93. The average molecular weight is 429 g/mol. The average Bonchev–Trinajstić information content (AvgIpc) is 2.81. The van der Waals surface area contributed by atoms with E-state index in [-0.39, 0.29) is 5.95 Å². The van der Waals surface area contributed by atoms with Gasteiger partial charge in [0.15, 0.2) is 0 Å². The van der Waals surface area contributed by atoms with Crippen molar-refractivity contribution >= 4 is 17.6 Å². The second kappa shape index (κ2) is 10.2. The van der Waals surface area contributed by atoms with Gasteiger partial charge in [-0.1, -0.05) is 37.3 Å². The maximum absolute atomic E-state index is 8.94. The van der Waals surface area contributed by atoms with Crippen LogP contribution >= 0.6 is 0 Å². The number of aromatic nitrogens is 3. The van der Waals surface area contributed by atoms with Gasteiger partial charge < -0.3 is 11.1 Å². The van der Waals surface area contributed by atoms with Crippen molar-refractivity contribution in [3.8, 4) is 6.07 Å². The Balaban J connectivity index is 1.34. The smallest absolute Gasteiger partial charge is 0.232 e. The van der Waals surface area contributed by atoms with E-state index in [1.807, 2.05) is 42.5 Å². The number of hydrogen-bond donors (Lipinski definition) is 2. The van der Waals surface area contributed by atoms with Crippen molar-refractivity contribution in [2.24, 2.45) is 0 Å². The van der Waals surface area contributed by atoms with Gasteiger partial charge in [0.1, 0.15) is 5.82 Å². The van der Waals surface area contributed by atoms with Gasteiger partial charge >= 0.3 is 0 Å². The molecule has 0 atom stereocenters. The lowest BCUT2D eigenvalue weighted by Crippen LogP contribution is -2.45. The first-order chi connectivity index (χ1) is 15.6. The van der Waals surface area contributed by atoms with Crippen LogP contribution in [0.4, 0.5) is 17.6 Å². The number of aryl methyl sites for hydroxylation is 1. The molecule has 0 amide bonds. The molecule has 0 aliphatic carbocycles. The fourth-order valence-electron chi connectivity index (χ4n) is 3.88. The van der Waals surface area contributed by atoms with E-state index in [0.717, 1.165) is 44.8 Å². The van der Waals surface area contributed by atoms with Gasteiger partial charge in [-0.3, -0.25) is 9.80 Å². The molecule has 2 aromatic carbocycles. The highest BCUT2D eigenvalue weighted by molar-refractivity contribution is 5.58. The third-order valence-electron chi connectivity index (χ3n) is 5.66. The van der Waals surface area contributed by atoms with E-state index < -0.39 is 0 Å². The zero-order chi connectivity index (χ0) is 22.3. The van der Waals surface area contributed by atoms with Crippen LogP contribution in [0, 0.1) is 11.3 Å². The minimum absolute atomic E-state index is 0.228. The molecule has 1 fully saturated rings. The summed E-state index contributed by atoms with van der Waals surface area (Å²) in [5, 5.41) is 12.2. The van der Waals surface area contributed by atoms with Crippen LogP contribution in [0.2, 0.25) is 0 Å². The maximum Gasteiger partial charge on any atom is 0.232 e. The monoisotopic (exact) mass is 428 g/mol. The molecule has 3 N–H and O–H groups in total. The number of nitrogens with two attached hydrogens (primary N) is 1. The highest BCUT2D eigenvalue weighted by Gasteiger charge is 2.19. The van der Waals surface area contributed by atoms with E-state index >= 15 is 0 Å². The number of anilines is 3. The van der Waals surface area contributed by atoms with E-state index in [4.69, 9.17) is 11.0 Å². The fourth-order valence-corrected chi connectivity index (χ4v) is 3.88. The van der Waals surface area contributed by atoms with Gasteiger partial charge in [-0.25, -0.2) is 0 Å². The first-order valence-corrected chi connectivity index (χ1v) is 10.9. The standard InChI is InChI=1S/C24H28N8/c1-2-20-5-3-4-6-21(20)27-24-29-22(28-23(26)30-24)17-32-13-11-31(12-14-32)16-19-9-7-18(15-25)8-10-19/h3-10H,2,11-14,16-17H2,1H3,(H3,26,27,28,29,30). The predicted octanol–water partition coefficient (Wildman–Crippen LogP) is 2.95. The van der Waals surface area contributed by atoms with Gasteiger partial charge in [0, 0.05) is 38.4 Å². The molecule has 164 valence electrons. The summed E-state index contributed by atoms with van der Waals surface area (Å²) < 4.78 is 0. The molecule has 3 aromatic rings. The zero-order valence-electron chi connectivity index (χ0n) is 18.3. The summed E-state index contributed by atoms with van der Waals surface area (Å²) in [5.41, 5.74) is 10.1. The third kappa shape index (κ3) is 5.58. The van der Waals surface area contributed by atoms with E-state index in [0.29, 0.717) is 23.9 Å². The number of nitrogen functional groups attached to an aromatic ring is 1. The Morgan fingerprint density at radius 3 is 2.31 bits per heavy atom. The molecule has 4 rings (SSSR count). The van der Waals surface area contributed by atoms with E-state index in [1.54, 1.807) is 0 Å². The molecular formula is C24H28N8. The summed E-state index contributed by atoms with van der Waals surface area (Å²) in [6.45, 7) is 7.46. The summed E-state index contributed by atoms with van der Waals surface area (Å²) in [6, 6.07) is 18.1. The Bertz CT molecular complexity index is 1080. The molecule has 0 unspecified atom stereocenters. The van der Waals surface area contributed by atoms with Crippen molar-refractivity contribution in [2.45, 2.75) is 26.4 Å². The van der Waals surface area contributed by atoms with Crippen LogP contribution in [-0.4, -0.2) is 50.9 Å². The summed E-state index contributed by atoms with van der Waals surface area (Å²) in [7, 11) is 0. The Morgan fingerprint density at radius 2 is 1.62 bits per heavy atom. The minimum atomic E-state index is 0.228. The molecule has 1 aliphatic heterocycles. The lowest BCUT2D eigenvalue weighted by molar-refractivity contribution is 0.120. The van der Waals surface area contributed by atoms with Crippen molar-refractivity contribution in [1.82, 2.24) is 24.8 Å². The molecule has 2 heterocycles. The van der Waals surface area contributed by atoms with Crippen LogP contribution in [0.3, 0.4) is 0 Å². The predicted molar refractivity (Wildman–Crippen MR) is 125 cm³/mol. The van der Waals surface area contributed by atoms with Crippen LogP contribution in [-0.2, 0) is 19.5 Å². The van der Waals surface area contributed by atoms with E-state index in [1.165, 1.54) is 11.1 Å². The molecular weight excluding hydrogens is 400 g/mol. The van der Waals surface area contributed by atoms with Crippen molar-refractivity contribution in [3.63, 3.8) is 0 Å². The normalized spacial score (nSPS) is 14.8. The number of para-hydroxylation sites is 1. The largest absolute Gasteiger partial charge is 0.368 e. The number of benzene rings is 2. The SMILES string of the molecule is CCc1ccccc1Nc1nc(N)nc(CN2CCN(Cc3ccc(C#N)cc3)CC2)n1. The van der Waals surface area contributed by atoms with E-state index in [9.17, 15) is 0 Å². The molecule has 1 saturated heterocycles.